The maximum Gasteiger partial charge on any atom is 0.280 e. The number of benzene rings is 2. The fourth-order valence-corrected chi connectivity index (χ4v) is 3.74. The van der Waals surface area contributed by atoms with Crippen LogP contribution >= 0.6 is 11.6 Å². The Hall–Kier alpha value is -3.58. The van der Waals surface area contributed by atoms with E-state index in [0.29, 0.717) is 33.2 Å². The number of ether oxygens (including phenoxy) is 1. The van der Waals surface area contributed by atoms with Crippen LogP contribution in [-0.4, -0.2) is 27.4 Å². The number of carbonyl (C=O) groups excluding carboxylic acids is 1. The number of anilines is 1. The van der Waals surface area contributed by atoms with Crippen molar-refractivity contribution >= 4 is 34.2 Å². The van der Waals surface area contributed by atoms with Crippen molar-refractivity contribution in [1.82, 2.24) is 14.3 Å². The van der Waals surface area contributed by atoms with Gasteiger partial charge in [0.2, 0.25) is 5.91 Å². The zero-order valence-electron chi connectivity index (χ0n) is 17.1. The average Bonchev–Trinajstić information content (AvgIpc) is 3.05. The average molecular weight is 437 g/mol. The van der Waals surface area contributed by atoms with Crippen molar-refractivity contribution in [3.8, 4) is 11.4 Å². The van der Waals surface area contributed by atoms with Gasteiger partial charge in [0.15, 0.2) is 5.65 Å². The molecule has 2 aromatic heterocycles. The minimum atomic E-state index is -0.316. The van der Waals surface area contributed by atoms with Gasteiger partial charge in [-0.15, -0.1) is 0 Å². The molecule has 1 N–H and O–H groups in total. The lowest BCUT2D eigenvalue weighted by molar-refractivity contribution is -0.116. The number of aromatic nitrogens is 3. The summed E-state index contributed by atoms with van der Waals surface area (Å²) in [5, 5.41) is 3.65. The predicted octanol–water partition coefficient (Wildman–Crippen LogP) is 4.05. The van der Waals surface area contributed by atoms with Gasteiger partial charge in [0.25, 0.3) is 5.56 Å². The molecule has 158 valence electrons. The fraction of sp³-hybridized carbons (Fsp3) is 0.174. The number of methoxy groups -OCH3 is 1. The highest BCUT2D eigenvalue weighted by Crippen LogP contribution is 2.27. The minimum Gasteiger partial charge on any atom is -0.495 e. The molecule has 2 heterocycles. The van der Waals surface area contributed by atoms with Gasteiger partial charge in [0.05, 0.1) is 23.2 Å². The summed E-state index contributed by atoms with van der Waals surface area (Å²) < 4.78 is 8.23. The van der Waals surface area contributed by atoms with E-state index in [2.05, 4.69) is 10.3 Å². The highest BCUT2D eigenvalue weighted by molar-refractivity contribution is 6.32. The maximum atomic E-state index is 13.1. The topological polar surface area (TPSA) is 78.2 Å². The number of nitrogens with one attached hydrogen (secondary N) is 1. The second-order valence-corrected chi connectivity index (χ2v) is 7.38. The molecule has 31 heavy (non-hydrogen) atoms. The Kier molecular flexibility index (Phi) is 5.77. The van der Waals surface area contributed by atoms with E-state index in [4.69, 9.17) is 16.3 Å². The van der Waals surface area contributed by atoms with E-state index in [9.17, 15) is 9.59 Å². The lowest BCUT2D eigenvalue weighted by Gasteiger charge is -2.14. The van der Waals surface area contributed by atoms with Crippen molar-refractivity contribution in [3.63, 3.8) is 0 Å². The zero-order chi connectivity index (χ0) is 22.0. The Labute approximate surface area is 183 Å². The molecule has 2 aromatic carbocycles. The van der Waals surface area contributed by atoms with Crippen molar-refractivity contribution in [2.24, 2.45) is 0 Å². The molecule has 8 heteroatoms. The number of nitrogens with zero attached hydrogens (tertiary/aromatic N) is 3. The molecule has 4 rings (SSSR count). The van der Waals surface area contributed by atoms with Gasteiger partial charge in [-0.2, -0.15) is 0 Å². The molecule has 0 aliphatic heterocycles. The third-order valence-electron chi connectivity index (χ3n) is 4.99. The normalized spacial score (nSPS) is 10.9. The molecule has 0 fully saturated rings. The first kappa shape index (κ1) is 20.7. The van der Waals surface area contributed by atoms with Crippen molar-refractivity contribution in [2.75, 3.05) is 12.4 Å². The van der Waals surface area contributed by atoms with Crippen LogP contribution < -0.4 is 15.6 Å². The highest BCUT2D eigenvalue weighted by Gasteiger charge is 2.18. The molecule has 0 bridgehead atoms. The van der Waals surface area contributed by atoms with E-state index in [1.54, 1.807) is 41.2 Å². The van der Waals surface area contributed by atoms with Crippen molar-refractivity contribution in [2.45, 2.75) is 19.9 Å². The van der Waals surface area contributed by atoms with Crippen LogP contribution in [0.1, 0.15) is 12.5 Å². The number of rotatable bonds is 6. The van der Waals surface area contributed by atoms with Crippen LogP contribution in [0.3, 0.4) is 0 Å². The lowest BCUT2D eigenvalue weighted by atomic mass is 10.1. The Bertz CT molecular complexity index is 1330. The van der Waals surface area contributed by atoms with Crippen LogP contribution in [0.4, 0.5) is 5.69 Å². The van der Waals surface area contributed by atoms with Gasteiger partial charge in [-0.25, -0.2) is 9.67 Å². The van der Waals surface area contributed by atoms with Crippen LogP contribution in [0.2, 0.25) is 5.02 Å². The van der Waals surface area contributed by atoms with Crippen molar-refractivity contribution in [3.05, 3.63) is 81.7 Å². The smallest absolute Gasteiger partial charge is 0.280 e. The number of amides is 1. The summed E-state index contributed by atoms with van der Waals surface area (Å²) >= 11 is 6.15. The van der Waals surface area contributed by atoms with Crippen LogP contribution in [-0.2, 0) is 17.8 Å². The number of carbonyl (C=O) groups is 1. The largest absolute Gasteiger partial charge is 0.495 e. The standard InChI is InChI=1S/C23H21ClN4O3/c1-3-15-6-4-7-17(12-15)28-23(30)18-8-5-11-25-22(18)27(28)14-21(29)26-16-9-10-20(31-2)19(24)13-16/h4-13H,3,14H2,1-2H3,(H,26,29). The first-order valence-corrected chi connectivity index (χ1v) is 10.2. The van der Waals surface area contributed by atoms with Gasteiger partial charge in [-0.1, -0.05) is 30.7 Å². The van der Waals surface area contributed by atoms with Crippen LogP contribution in [0, 0.1) is 0 Å². The summed E-state index contributed by atoms with van der Waals surface area (Å²) in [5.41, 5.74) is 2.52. The van der Waals surface area contributed by atoms with E-state index in [0.717, 1.165) is 12.0 Å². The summed E-state index contributed by atoms with van der Waals surface area (Å²) in [6, 6.07) is 16.1. The number of hydrogen-bond acceptors (Lipinski definition) is 4. The van der Waals surface area contributed by atoms with E-state index in [-0.39, 0.29) is 18.0 Å². The van der Waals surface area contributed by atoms with Crippen LogP contribution in [0.15, 0.2) is 65.6 Å². The second-order valence-electron chi connectivity index (χ2n) is 6.97. The number of aryl methyl sites for hydroxylation is 1. The minimum absolute atomic E-state index is 0.101. The van der Waals surface area contributed by atoms with E-state index in [1.807, 2.05) is 31.2 Å². The number of halogens is 1. The monoisotopic (exact) mass is 436 g/mol. The van der Waals surface area contributed by atoms with E-state index in [1.165, 1.54) is 11.8 Å². The summed E-state index contributed by atoms with van der Waals surface area (Å²) in [5.74, 6) is 0.203. The molecule has 0 spiro atoms. The van der Waals surface area contributed by atoms with Gasteiger partial charge < -0.3 is 10.1 Å². The predicted molar refractivity (Wildman–Crippen MR) is 121 cm³/mol. The van der Waals surface area contributed by atoms with Gasteiger partial charge in [0.1, 0.15) is 12.3 Å². The lowest BCUT2D eigenvalue weighted by Crippen LogP contribution is -2.27. The van der Waals surface area contributed by atoms with Gasteiger partial charge >= 0.3 is 0 Å². The quantitative estimate of drug-likeness (QED) is 0.494. The number of fused-ring (bicyclic) bond motifs is 1. The van der Waals surface area contributed by atoms with Gasteiger partial charge in [0, 0.05) is 11.9 Å². The molecule has 0 atom stereocenters. The molecular weight excluding hydrogens is 416 g/mol. The van der Waals surface area contributed by atoms with Crippen LogP contribution in [0.5, 0.6) is 5.75 Å². The summed E-state index contributed by atoms with van der Waals surface area (Å²) in [6.45, 7) is 1.95. The third kappa shape index (κ3) is 4.04. The highest BCUT2D eigenvalue weighted by atomic mass is 35.5. The molecule has 0 aliphatic rings. The number of hydrogen-bond donors (Lipinski definition) is 1. The molecule has 0 saturated heterocycles. The fourth-order valence-electron chi connectivity index (χ4n) is 3.48. The molecule has 0 radical (unpaired) electrons. The second kappa shape index (κ2) is 8.65. The molecule has 7 nitrogen and oxygen atoms in total. The Morgan fingerprint density at radius 2 is 2.00 bits per heavy atom. The third-order valence-corrected chi connectivity index (χ3v) is 5.28. The molecule has 1 amide bonds. The van der Waals surface area contributed by atoms with E-state index >= 15 is 0 Å². The van der Waals surface area contributed by atoms with Gasteiger partial charge in [-0.3, -0.25) is 14.3 Å². The SMILES string of the molecule is CCc1cccc(-n2c(=O)c3cccnc3n2CC(=O)Nc2ccc(OC)c(Cl)c2)c1. The maximum absolute atomic E-state index is 13.1. The first-order chi connectivity index (χ1) is 15.0. The van der Waals surface area contributed by atoms with Crippen molar-refractivity contribution < 1.29 is 9.53 Å². The molecule has 0 saturated carbocycles. The van der Waals surface area contributed by atoms with Crippen LogP contribution in [0.25, 0.3) is 16.7 Å². The zero-order valence-corrected chi connectivity index (χ0v) is 17.9. The Balaban J connectivity index is 1.73. The molecule has 4 aromatic rings. The Morgan fingerprint density at radius 1 is 1.16 bits per heavy atom. The molecular formula is C23H21ClN4O3. The Morgan fingerprint density at radius 3 is 2.74 bits per heavy atom. The summed E-state index contributed by atoms with van der Waals surface area (Å²) in [6.07, 6.45) is 2.44. The molecule has 0 unspecified atom stereocenters. The molecule has 0 aliphatic carbocycles. The van der Waals surface area contributed by atoms with E-state index < -0.39 is 0 Å². The van der Waals surface area contributed by atoms with Crippen molar-refractivity contribution in [1.29, 1.82) is 0 Å². The van der Waals surface area contributed by atoms with Gasteiger partial charge in [-0.05, 0) is 54.4 Å². The first-order valence-electron chi connectivity index (χ1n) is 9.81. The summed E-state index contributed by atoms with van der Waals surface area (Å²) in [7, 11) is 1.52. The summed E-state index contributed by atoms with van der Waals surface area (Å²) in [4.78, 5) is 30.4. The number of pyridine rings is 1.